The summed E-state index contributed by atoms with van der Waals surface area (Å²) in [7, 11) is 0. The fourth-order valence-electron chi connectivity index (χ4n) is 7.20. The van der Waals surface area contributed by atoms with Gasteiger partial charge < -0.3 is 73.8 Å². The third kappa shape index (κ3) is 16.5. The van der Waals surface area contributed by atoms with Gasteiger partial charge in [0, 0.05) is 36.1 Å². The van der Waals surface area contributed by atoms with Gasteiger partial charge in [0.25, 0.3) is 0 Å². The van der Waals surface area contributed by atoms with Crippen molar-refractivity contribution in [2.24, 2.45) is 17.4 Å². The van der Waals surface area contributed by atoms with Crippen LogP contribution in [-0.4, -0.2) is 138 Å². The number of aliphatic hydroxyl groups is 1. The standard InChI is InChI=1S/C45H61N11O12/c1-24(2)15-33(40(62)51-32(45(67)68)9-5-6-14-46)53-41(63)34(16-25-10-12-28(58)13-11-25)54-42(64)35(18-27-21-48-23-50-27)55-44(66)37(22-57)56-43(65)36(19-38(59)60)52-39(61)30(47)17-26-20-49-31-8-4-3-7-29(26)31/h3-4,7-8,10-13,20-21,23-24,30,32-37,49,57-58H,5-6,9,14-19,22,46-47H2,1-2H3,(H,48,50)(H,51,62)(H,52,61)(H,53,63)(H,54,64)(H,55,66)(H,56,65)(H,59,60)(H,67,68)/t30-,32-,33-,34-,35-,36-,37-/m0/s1. The van der Waals surface area contributed by atoms with Gasteiger partial charge in [0.2, 0.25) is 35.4 Å². The van der Waals surface area contributed by atoms with Crippen LogP contribution in [0, 0.1) is 5.92 Å². The second kappa shape index (κ2) is 26.1. The number of unbranched alkanes of at least 4 members (excludes halogenated alkanes) is 1. The number of carbonyl (C=O) groups is 8. The Bertz CT molecular complexity index is 2340. The van der Waals surface area contributed by atoms with Crippen molar-refractivity contribution in [2.45, 2.75) is 108 Å². The van der Waals surface area contributed by atoms with Crippen LogP contribution in [0.2, 0.25) is 0 Å². The van der Waals surface area contributed by atoms with Gasteiger partial charge >= 0.3 is 11.9 Å². The maximum atomic E-state index is 14.2. The Morgan fingerprint density at radius 1 is 0.676 bits per heavy atom. The van der Waals surface area contributed by atoms with Crippen molar-refractivity contribution in [3.63, 3.8) is 0 Å². The van der Waals surface area contributed by atoms with E-state index in [1.165, 1.54) is 36.8 Å². The van der Waals surface area contributed by atoms with E-state index in [-0.39, 0.29) is 49.5 Å². The van der Waals surface area contributed by atoms with Crippen molar-refractivity contribution in [1.29, 1.82) is 0 Å². The molecule has 0 fully saturated rings. The third-order valence-electron chi connectivity index (χ3n) is 10.8. The minimum Gasteiger partial charge on any atom is -0.508 e. The molecule has 23 heteroatoms. The Morgan fingerprint density at radius 3 is 1.85 bits per heavy atom. The lowest BCUT2D eigenvalue weighted by atomic mass is 10.00. The van der Waals surface area contributed by atoms with Gasteiger partial charge in [0.1, 0.15) is 42.0 Å². The van der Waals surface area contributed by atoms with E-state index < -0.39 is 103 Å². The van der Waals surface area contributed by atoms with Crippen LogP contribution in [0.4, 0.5) is 0 Å². The molecule has 0 aliphatic heterocycles. The number of amides is 6. The number of imidazole rings is 1. The van der Waals surface area contributed by atoms with Crippen molar-refractivity contribution >= 4 is 58.3 Å². The number of nitrogens with two attached hydrogens (primary N) is 2. The molecule has 0 bridgehead atoms. The molecule has 0 radical (unpaired) electrons. The van der Waals surface area contributed by atoms with Gasteiger partial charge in [-0.05, 0) is 73.9 Å². The molecule has 0 aliphatic carbocycles. The zero-order valence-corrected chi connectivity index (χ0v) is 37.7. The average molecular weight is 948 g/mol. The lowest BCUT2D eigenvalue weighted by molar-refractivity contribution is -0.142. The van der Waals surface area contributed by atoms with Crippen LogP contribution in [0.25, 0.3) is 10.9 Å². The van der Waals surface area contributed by atoms with Gasteiger partial charge in [-0.2, -0.15) is 0 Å². The molecule has 0 unspecified atom stereocenters. The summed E-state index contributed by atoms with van der Waals surface area (Å²) in [5, 5.41) is 55.1. The average Bonchev–Trinajstić information content (AvgIpc) is 3.97. The number of aromatic amines is 2. The topological polar surface area (TPSA) is 386 Å². The highest BCUT2D eigenvalue weighted by Gasteiger charge is 2.35. The molecule has 2 heterocycles. The van der Waals surface area contributed by atoms with Crippen molar-refractivity contribution in [2.75, 3.05) is 13.2 Å². The van der Waals surface area contributed by atoms with Gasteiger partial charge in [0.05, 0.1) is 31.1 Å². The zero-order valence-electron chi connectivity index (χ0n) is 37.7. The van der Waals surface area contributed by atoms with Gasteiger partial charge in [0.15, 0.2) is 0 Å². The number of nitrogens with zero attached hydrogens (tertiary/aromatic N) is 1. The number of nitrogens with one attached hydrogen (secondary N) is 8. The number of rotatable bonds is 28. The Balaban J connectivity index is 1.53. The molecular weight excluding hydrogens is 887 g/mol. The number of fused-ring (bicyclic) bond motifs is 1. The number of carboxylic acids is 2. The number of carbonyl (C=O) groups excluding carboxylic acids is 6. The van der Waals surface area contributed by atoms with E-state index >= 15 is 0 Å². The summed E-state index contributed by atoms with van der Waals surface area (Å²) < 4.78 is 0. The summed E-state index contributed by atoms with van der Waals surface area (Å²) in [4.78, 5) is 116. The molecule has 4 rings (SSSR count). The minimum absolute atomic E-state index is 0.0207. The molecular formula is C45H61N11O12. The van der Waals surface area contributed by atoms with E-state index in [1.54, 1.807) is 26.1 Å². The van der Waals surface area contributed by atoms with Gasteiger partial charge in [-0.25, -0.2) is 9.78 Å². The predicted molar refractivity (Wildman–Crippen MR) is 245 cm³/mol. The van der Waals surface area contributed by atoms with E-state index in [1.807, 2.05) is 18.2 Å². The lowest BCUT2D eigenvalue weighted by Crippen LogP contribution is -2.61. The van der Waals surface area contributed by atoms with Gasteiger partial charge in [-0.3, -0.25) is 33.6 Å². The number of aliphatic carboxylic acids is 2. The smallest absolute Gasteiger partial charge is 0.326 e. The van der Waals surface area contributed by atoms with E-state index in [4.69, 9.17) is 11.5 Å². The summed E-state index contributed by atoms with van der Waals surface area (Å²) in [6, 6.07) is 2.65. The lowest BCUT2D eigenvalue weighted by Gasteiger charge is -2.27. The van der Waals surface area contributed by atoms with E-state index in [0.29, 0.717) is 30.5 Å². The van der Waals surface area contributed by atoms with Crippen LogP contribution < -0.4 is 43.4 Å². The van der Waals surface area contributed by atoms with E-state index in [9.17, 15) is 58.8 Å². The third-order valence-corrected chi connectivity index (χ3v) is 10.8. The first-order valence-corrected chi connectivity index (χ1v) is 22.0. The number of hydrogen-bond acceptors (Lipinski definition) is 13. The zero-order chi connectivity index (χ0) is 49.9. The maximum Gasteiger partial charge on any atom is 0.326 e. The molecule has 2 aromatic heterocycles. The molecule has 0 aliphatic rings. The van der Waals surface area contributed by atoms with E-state index in [0.717, 1.165) is 10.9 Å². The molecule has 0 saturated carbocycles. The Hall–Kier alpha value is -7.37. The first kappa shape index (κ1) is 53.2. The Labute approximate surface area is 391 Å². The first-order chi connectivity index (χ1) is 32.4. The molecule has 2 aromatic carbocycles. The molecule has 0 spiro atoms. The Morgan fingerprint density at radius 2 is 1.25 bits per heavy atom. The summed E-state index contributed by atoms with van der Waals surface area (Å²) in [5.41, 5.74) is 13.9. The predicted octanol–water partition coefficient (Wildman–Crippen LogP) is -1.41. The molecule has 68 heavy (non-hydrogen) atoms. The summed E-state index contributed by atoms with van der Waals surface area (Å²) in [6.07, 6.45) is 4.10. The number of phenols is 1. The number of H-pyrrole nitrogens is 2. The van der Waals surface area contributed by atoms with Crippen molar-refractivity contribution in [3.8, 4) is 5.75 Å². The number of phenolic OH excluding ortho intramolecular Hbond substituents is 1. The van der Waals surface area contributed by atoms with Crippen molar-refractivity contribution < 1.29 is 58.8 Å². The summed E-state index contributed by atoms with van der Waals surface area (Å²) in [6.45, 7) is 2.84. The molecule has 16 N–H and O–H groups in total. The monoisotopic (exact) mass is 947 g/mol. The number of hydrogen-bond donors (Lipinski definition) is 14. The number of carboxylic acid groups (broad SMARTS) is 2. The highest BCUT2D eigenvalue weighted by Crippen LogP contribution is 2.19. The van der Waals surface area contributed by atoms with Crippen molar-refractivity contribution in [1.82, 2.24) is 46.9 Å². The number of para-hydroxylation sites is 1. The highest BCUT2D eigenvalue weighted by molar-refractivity contribution is 5.98. The first-order valence-electron chi connectivity index (χ1n) is 22.0. The molecule has 4 aromatic rings. The fourth-order valence-corrected chi connectivity index (χ4v) is 7.20. The van der Waals surface area contributed by atoms with Crippen molar-refractivity contribution in [3.05, 3.63) is 84.1 Å². The number of aromatic nitrogens is 3. The minimum atomic E-state index is -1.80. The van der Waals surface area contributed by atoms with Gasteiger partial charge in [-0.15, -0.1) is 0 Å². The number of aromatic hydroxyl groups is 1. The normalized spacial score (nSPS) is 14.3. The van der Waals surface area contributed by atoms with Crippen LogP contribution in [-0.2, 0) is 57.6 Å². The quantitative estimate of drug-likeness (QED) is 0.0291. The fraction of sp³-hybridized carbons (Fsp3) is 0.444. The summed E-state index contributed by atoms with van der Waals surface area (Å²) in [5.74, 6) is -8.78. The molecule has 7 atom stereocenters. The number of aliphatic hydroxyl groups excluding tert-OH is 1. The maximum absolute atomic E-state index is 14.2. The second-order valence-electron chi connectivity index (χ2n) is 16.7. The largest absolute Gasteiger partial charge is 0.508 e. The summed E-state index contributed by atoms with van der Waals surface area (Å²) >= 11 is 0. The van der Waals surface area contributed by atoms with E-state index in [2.05, 4.69) is 46.9 Å². The molecule has 368 valence electrons. The van der Waals surface area contributed by atoms with Crippen LogP contribution in [0.3, 0.4) is 0 Å². The molecule has 23 nitrogen and oxygen atoms in total. The van der Waals surface area contributed by atoms with Crippen LogP contribution in [0.5, 0.6) is 5.75 Å². The molecule has 6 amide bonds. The molecule has 0 saturated heterocycles. The SMILES string of the molecule is CC(C)C[C@H](NC(=O)[C@H](Cc1ccc(O)cc1)NC(=O)[C@H](Cc1c[nH]cn1)NC(=O)[C@H](CO)NC(=O)[C@H](CC(=O)O)NC(=O)[C@@H](N)Cc1c[nH]c2ccccc12)C(=O)N[C@@H](CCCCN)C(=O)O. The Kier molecular flexibility index (Phi) is 20.4. The van der Waals surface area contributed by atoms with Gasteiger partial charge in [-0.1, -0.05) is 44.2 Å². The van der Waals surface area contributed by atoms with Crippen LogP contribution in [0.1, 0.15) is 62.8 Å². The highest BCUT2D eigenvalue weighted by atomic mass is 16.4. The van der Waals surface area contributed by atoms with Crippen LogP contribution >= 0.6 is 0 Å². The second-order valence-corrected chi connectivity index (χ2v) is 16.7. The van der Waals surface area contributed by atoms with Crippen LogP contribution in [0.15, 0.2) is 67.3 Å². The number of benzene rings is 2.